The topological polar surface area (TPSA) is 88.4 Å². The first-order valence-electron chi connectivity index (χ1n) is 9.28. The molecular weight excluding hydrogens is 344 g/mol. The second-order valence-electron chi connectivity index (χ2n) is 6.79. The van der Waals surface area contributed by atoms with Crippen LogP contribution in [-0.4, -0.2) is 33.3 Å². The Hall–Kier alpha value is -2.96. The van der Waals surface area contributed by atoms with Crippen LogP contribution in [0.15, 0.2) is 42.6 Å². The van der Waals surface area contributed by atoms with Gasteiger partial charge in [0.05, 0.1) is 16.7 Å². The maximum absolute atomic E-state index is 12.8. The molecule has 1 amide bonds. The number of benzene rings is 1. The van der Waals surface area contributed by atoms with Crippen molar-refractivity contribution < 1.29 is 9.72 Å². The van der Waals surface area contributed by atoms with Crippen molar-refractivity contribution in [1.29, 1.82) is 0 Å². The average Bonchev–Trinajstić information content (AvgIpc) is 2.64. The van der Waals surface area contributed by atoms with Crippen molar-refractivity contribution in [2.75, 3.05) is 11.9 Å². The van der Waals surface area contributed by atoms with E-state index in [1.165, 1.54) is 6.07 Å². The summed E-state index contributed by atoms with van der Waals surface area (Å²) in [7, 11) is 0. The van der Waals surface area contributed by atoms with Crippen LogP contribution in [0.25, 0.3) is 0 Å². The van der Waals surface area contributed by atoms with E-state index in [0.29, 0.717) is 17.8 Å². The van der Waals surface area contributed by atoms with Crippen molar-refractivity contribution in [3.63, 3.8) is 0 Å². The Morgan fingerprint density at radius 3 is 2.70 bits per heavy atom. The molecule has 2 aromatic rings. The van der Waals surface area contributed by atoms with Gasteiger partial charge in [-0.3, -0.25) is 19.9 Å². The van der Waals surface area contributed by atoms with Crippen LogP contribution in [-0.2, 0) is 0 Å². The van der Waals surface area contributed by atoms with Crippen LogP contribution in [0.3, 0.4) is 0 Å². The molecule has 0 aliphatic heterocycles. The number of anilines is 1. The molecule has 0 spiro atoms. The molecule has 1 heterocycles. The lowest BCUT2D eigenvalue weighted by Gasteiger charge is -2.37. The molecule has 1 unspecified atom stereocenters. The summed E-state index contributed by atoms with van der Waals surface area (Å²) in [6.07, 6.45) is 4.82. The first-order valence-corrected chi connectivity index (χ1v) is 9.28. The number of nitrogens with one attached hydrogen (secondary N) is 1. The highest BCUT2D eigenvalue weighted by molar-refractivity contribution is 5.96. The number of hydrogen-bond acceptors (Lipinski definition) is 5. The first-order chi connectivity index (χ1) is 13.0. The van der Waals surface area contributed by atoms with Gasteiger partial charge in [-0.15, -0.1) is 0 Å². The van der Waals surface area contributed by atoms with Gasteiger partial charge in [-0.1, -0.05) is 6.07 Å². The Kier molecular flexibility index (Phi) is 5.69. The second-order valence-corrected chi connectivity index (χ2v) is 6.79. The Balaban J connectivity index is 1.84. The van der Waals surface area contributed by atoms with E-state index in [9.17, 15) is 14.9 Å². The molecule has 0 bridgehead atoms. The third-order valence-electron chi connectivity index (χ3n) is 5.06. The molecule has 1 atom stereocenters. The summed E-state index contributed by atoms with van der Waals surface area (Å²) in [6.45, 7) is 4.43. The van der Waals surface area contributed by atoms with Crippen LogP contribution >= 0.6 is 0 Å². The first kappa shape index (κ1) is 18.8. The normalized spacial score (nSPS) is 14.9. The zero-order valence-electron chi connectivity index (χ0n) is 15.6. The van der Waals surface area contributed by atoms with Crippen LogP contribution in [0, 0.1) is 10.1 Å². The van der Waals surface area contributed by atoms with Gasteiger partial charge < -0.3 is 10.2 Å². The smallest absolute Gasteiger partial charge is 0.293 e. The van der Waals surface area contributed by atoms with Crippen LogP contribution < -0.4 is 5.32 Å². The van der Waals surface area contributed by atoms with Gasteiger partial charge >= 0.3 is 0 Å². The molecule has 1 aliphatic carbocycles. The molecule has 1 N–H and O–H groups in total. The number of amides is 1. The predicted octanol–water partition coefficient (Wildman–Crippen LogP) is 4.18. The monoisotopic (exact) mass is 368 g/mol. The van der Waals surface area contributed by atoms with Gasteiger partial charge in [0.2, 0.25) is 0 Å². The van der Waals surface area contributed by atoms with Crippen LogP contribution in [0.4, 0.5) is 11.4 Å². The van der Waals surface area contributed by atoms with Gasteiger partial charge in [0.25, 0.3) is 11.6 Å². The zero-order valence-corrected chi connectivity index (χ0v) is 15.6. The van der Waals surface area contributed by atoms with E-state index >= 15 is 0 Å². The Morgan fingerprint density at radius 2 is 2.15 bits per heavy atom. The largest absolute Gasteiger partial charge is 0.371 e. The van der Waals surface area contributed by atoms with Gasteiger partial charge in [0, 0.05) is 30.4 Å². The number of nitrogens with zero attached hydrogens (tertiary/aromatic N) is 3. The SMILES string of the molecule is CCN(C(=O)c1ccc(NC(C)c2ccccn2)c([N+](=O)[O-])c1)C1CCC1. The standard InChI is InChI=1S/C20H24N4O3/c1-3-23(16-7-6-8-16)20(25)15-10-11-18(19(13-15)24(26)27)22-14(2)17-9-4-5-12-21-17/h4-5,9-14,16,22H,3,6-8H2,1-2H3. The highest BCUT2D eigenvalue weighted by atomic mass is 16.6. The molecule has 3 rings (SSSR count). The minimum absolute atomic E-state index is 0.103. The van der Waals surface area contributed by atoms with E-state index in [1.54, 1.807) is 18.3 Å². The van der Waals surface area contributed by atoms with Gasteiger partial charge in [0.1, 0.15) is 5.69 Å². The highest BCUT2D eigenvalue weighted by Crippen LogP contribution is 2.31. The third-order valence-corrected chi connectivity index (χ3v) is 5.06. The van der Waals surface area contributed by atoms with Gasteiger partial charge in [-0.05, 0) is 57.4 Å². The van der Waals surface area contributed by atoms with E-state index in [4.69, 9.17) is 0 Å². The van der Waals surface area contributed by atoms with Gasteiger partial charge in [-0.25, -0.2) is 0 Å². The van der Waals surface area contributed by atoms with Crippen LogP contribution in [0.2, 0.25) is 0 Å². The van der Waals surface area contributed by atoms with E-state index in [1.807, 2.05) is 36.9 Å². The fourth-order valence-electron chi connectivity index (χ4n) is 3.31. The van der Waals surface area contributed by atoms with Crippen molar-refractivity contribution in [2.24, 2.45) is 0 Å². The van der Waals surface area contributed by atoms with Crippen molar-refractivity contribution >= 4 is 17.3 Å². The van der Waals surface area contributed by atoms with Crippen molar-refractivity contribution in [3.8, 4) is 0 Å². The molecule has 7 nitrogen and oxygen atoms in total. The van der Waals surface area contributed by atoms with Crippen molar-refractivity contribution in [2.45, 2.75) is 45.2 Å². The number of pyridine rings is 1. The molecule has 0 radical (unpaired) electrons. The lowest BCUT2D eigenvalue weighted by atomic mass is 9.91. The molecule has 27 heavy (non-hydrogen) atoms. The Bertz CT molecular complexity index is 821. The Labute approximate surface area is 158 Å². The quantitative estimate of drug-likeness (QED) is 0.585. The summed E-state index contributed by atoms with van der Waals surface area (Å²) in [5.74, 6) is -0.144. The van der Waals surface area contributed by atoms with Crippen molar-refractivity contribution in [3.05, 3.63) is 64.0 Å². The number of rotatable bonds is 7. The zero-order chi connectivity index (χ0) is 19.4. The molecule has 1 saturated carbocycles. The summed E-state index contributed by atoms with van der Waals surface area (Å²) in [6, 6.07) is 10.2. The van der Waals surface area contributed by atoms with E-state index in [0.717, 1.165) is 25.0 Å². The molecule has 7 heteroatoms. The van der Waals surface area contributed by atoms with Gasteiger partial charge in [0.15, 0.2) is 0 Å². The Morgan fingerprint density at radius 1 is 1.37 bits per heavy atom. The third kappa shape index (κ3) is 4.07. The van der Waals surface area contributed by atoms with E-state index in [-0.39, 0.29) is 23.7 Å². The summed E-state index contributed by atoms with van der Waals surface area (Å²) in [4.78, 5) is 30.0. The number of nitro groups is 1. The van der Waals surface area contributed by atoms with E-state index in [2.05, 4.69) is 10.3 Å². The van der Waals surface area contributed by atoms with Gasteiger partial charge in [-0.2, -0.15) is 0 Å². The lowest BCUT2D eigenvalue weighted by Crippen LogP contribution is -2.44. The minimum Gasteiger partial charge on any atom is -0.371 e. The number of carbonyl (C=O) groups is 1. The molecule has 1 aliphatic rings. The second kappa shape index (κ2) is 8.16. The highest BCUT2D eigenvalue weighted by Gasteiger charge is 2.29. The predicted molar refractivity (Wildman–Crippen MR) is 104 cm³/mol. The molecule has 0 saturated heterocycles. The minimum atomic E-state index is -0.454. The molecule has 1 aromatic carbocycles. The average molecular weight is 368 g/mol. The number of carbonyl (C=O) groups excluding carboxylic acids is 1. The number of nitro benzene ring substituents is 1. The van der Waals surface area contributed by atoms with Crippen LogP contribution in [0.5, 0.6) is 0 Å². The lowest BCUT2D eigenvalue weighted by molar-refractivity contribution is -0.384. The molecular formula is C20H24N4O3. The summed E-state index contributed by atoms with van der Waals surface area (Å²) >= 11 is 0. The fourth-order valence-corrected chi connectivity index (χ4v) is 3.31. The molecule has 142 valence electrons. The maximum atomic E-state index is 12.8. The number of aromatic nitrogens is 1. The summed E-state index contributed by atoms with van der Waals surface area (Å²) < 4.78 is 0. The van der Waals surface area contributed by atoms with E-state index < -0.39 is 4.92 Å². The van der Waals surface area contributed by atoms with Crippen LogP contribution in [0.1, 0.15) is 55.2 Å². The maximum Gasteiger partial charge on any atom is 0.293 e. The summed E-state index contributed by atoms with van der Waals surface area (Å²) in [5.41, 5.74) is 1.41. The van der Waals surface area contributed by atoms with Crippen molar-refractivity contribution in [1.82, 2.24) is 9.88 Å². The number of hydrogen-bond donors (Lipinski definition) is 1. The fraction of sp³-hybridized carbons (Fsp3) is 0.400. The summed E-state index contributed by atoms with van der Waals surface area (Å²) in [5, 5.41) is 14.7. The molecule has 1 fully saturated rings. The molecule has 1 aromatic heterocycles.